The third-order valence-corrected chi connectivity index (χ3v) is 6.85. The third-order valence-electron chi connectivity index (χ3n) is 6.85. The number of nitro benzene ring substituents is 2. The van der Waals surface area contributed by atoms with E-state index < -0.39 is 33.7 Å². The van der Waals surface area contributed by atoms with Crippen molar-refractivity contribution in [2.45, 2.75) is 12.1 Å². The van der Waals surface area contributed by atoms with E-state index >= 15 is 0 Å². The van der Waals surface area contributed by atoms with Crippen molar-refractivity contribution >= 4 is 23.2 Å². The smallest absolute Gasteiger partial charge is 0.269 e. The van der Waals surface area contributed by atoms with Crippen LogP contribution in [0.3, 0.4) is 0 Å². The normalized spacial score (nSPS) is 11.7. The maximum atomic E-state index is 13.8. The van der Waals surface area contributed by atoms with Crippen LogP contribution < -0.4 is 0 Å². The van der Waals surface area contributed by atoms with Crippen LogP contribution in [-0.2, 0) is 0 Å². The number of benzene rings is 4. The maximum absolute atomic E-state index is 13.8. The van der Waals surface area contributed by atoms with Crippen molar-refractivity contribution in [2.75, 3.05) is 13.1 Å². The molecule has 0 aromatic heterocycles. The third kappa shape index (κ3) is 6.90. The molecule has 0 bridgehead atoms. The lowest BCUT2D eigenvalue weighted by Gasteiger charge is -2.33. The van der Waals surface area contributed by atoms with Gasteiger partial charge in [-0.05, 0) is 35.4 Å². The number of amides is 2. The molecular weight excluding hydrogens is 564 g/mol. The summed E-state index contributed by atoms with van der Waals surface area (Å²) in [6.07, 6.45) is 0. The molecule has 0 aliphatic rings. The van der Waals surface area contributed by atoms with Crippen LogP contribution in [0.1, 0.15) is 43.9 Å². The molecule has 2 amide bonds. The van der Waals surface area contributed by atoms with Gasteiger partial charge < -0.3 is 9.80 Å². The van der Waals surface area contributed by atoms with Crippen molar-refractivity contribution in [3.8, 4) is 12.1 Å². The summed E-state index contributed by atoms with van der Waals surface area (Å²) in [7, 11) is 0. The van der Waals surface area contributed by atoms with Gasteiger partial charge in [0.1, 0.15) is 12.1 Å². The zero-order valence-corrected chi connectivity index (χ0v) is 23.1. The summed E-state index contributed by atoms with van der Waals surface area (Å²) >= 11 is 0. The molecule has 2 atom stereocenters. The van der Waals surface area contributed by atoms with Gasteiger partial charge in [-0.2, -0.15) is 10.5 Å². The minimum absolute atomic E-state index is 0.0833. The number of nitriles is 2. The number of nitro groups is 2. The quantitative estimate of drug-likeness (QED) is 0.160. The number of hydrogen-bond donors (Lipinski definition) is 0. The Balaban J connectivity index is 1.74. The van der Waals surface area contributed by atoms with Gasteiger partial charge >= 0.3 is 0 Å². The lowest BCUT2D eigenvalue weighted by molar-refractivity contribution is -0.385. The van der Waals surface area contributed by atoms with Gasteiger partial charge in [0.05, 0.1) is 22.0 Å². The fourth-order valence-corrected chi connectivity index (χ4v) is 4.61. The van der Waals surface area contributed by atoms with Crippen molar-refractivity contribution in [3.05, 3.63) is 152 Å². The molecular formula is C32H24N6O6. The van der Waals surface area contributed by atoms with Crippen LogP contribution in [0.5, 0.6) is 0 Å². The molecule has 0 fully saturated rings. The molecule has 2 unspecified atom stereocenters. The molecule has 0 radical (unpaired) electrons. The van der Waals surface area contributed by atoms with E-state index in [1.165, 1.54) is 58.3 Å². The van der Waals surface area contributed by atoms with Gasteiger partial charge in [0.25, 0.3) is 23.2 Å². The van der Waals surface area contributed by atoms with Crippen LogP contribution in [0.4, 0.5) is 11.4 Å². The predicted octanol–water partition coefficient (Wildman–Crippen LogP) is 5.62. The topological polar surface area (TPSA) is 174 Å². The Morgan fingerprint density at radius 2 is 0.909 bits per heavy atom. The molecule has 0 spiro atoms. The van der Waals surface area contributed by atoms with Crippen LogP contribution >= 0.6 is 0 Å². The van der Waals surface area contributed by atoms with Gasteiger partial charge in [-0.15, -0.1) is 0 Å². The maximum Gasteiger partial charge on any atom is 0.269 e. The minimum atomic E-state index is -1.10. The first-order chi connectivity index (χ1) is 21.2. The van der Waals surface area contributed by atoms with Crippen molar-refractivity contribution in [1.82, 2.24) is 9.80 Å². The molecule has 0 aliphatic carbocycles. The summed E-state index contributed by atoms with van der Waals surface area (Å²) in [4.78, 5) is 51.3. The average Bonchev–Trinajstić information content (AvgIpc) is 3.06. The molecule has 0 heterocycles. The van der Waals surface area contributed by atoms with Crippen molar-refractivity contribution in [1.29, 1.82) is 10.5 Å². The predicted molar refractivity (Wildman–Crippen MR) is 158 cm³/mol. The van der Waals surface area contributed by atoms with Crippen molar-refractivity contribution < 1.29 is 19.4 Å². The highest BCUT2D eigenvalue weighted by atomic mass is 16.6. The first-order valence-electron chi connectivity index (χ1n) is 13.2. The number of nitrogens with zero attached hydrogens (tertiary/aromatic N) is 6. The van der Waals surface area contributed by atoms with E-state index in [9.17, 15) is 40.3 Å². The van der Waals surface area contributed by atoms with Crippen LogP contribution in [-0.4, -0.2) is 44.6 Å². The number of hydrogen-bond acceptors (Lipinski definition) is 8. The summed E-state index contributed by atoms with van der Waals surface area (Å²) < 4.78 is 0. The van der Waals surface area contributed by atoms with Gasteiger partial charge in [-0.25, -0.2) is 0 Å². The summed E-state index contributed by atoms with van der Waals surface area (Å²) in [5.74, 6) is -1.24. The highest BCUT2D eigenvalue weighted by Crippen LogP contribution is 2.27. The van der Waals surface area contributed by atoms with Gasteiger partial charge in [0.2, 0.25) is 0 Å². The van der Waals surface area contributed by atoms with E-state index in [-0.39, 0.29) is 35.6 Å². The van der Waals surface area contributed by atoms with E-state index in [1.807, 2.05) is 0 Å². The molecule has 4 aromatic rings. The Morgan fingerprint density at radius 1 is 0.591 bits per heavy atom. The Bertz CT molecular complexity index is 1600. The number of carbonyl (C=O) groups is 2. The van der Waals surface area contributed by atoms with E-state index in [4.69, 9.17) is 0 Å². The first-order valence-corrected chi connectivity index (χ1v) is 13.2. The Kier molecular flexibility index (Phi) is 9.71. The van der Waals surface area contributed by atoms with Gasteiger partial charge in [-0.3, -0.25) is 29.8 Å². The van der Waals surface area contributed by atoms with Crippen LogP contribution in [0, 0.1) is 42.9 Å². The fourth-order valence-electron chi connectivity index (χ4n) is 4.61. The lowest BCUT2D eigenvalue weighted by atomic mass is 10.0. The molecule has 44 heavy (non-hydrogen) atoms. The van der Waals surface area contributed by atoms with E-state index in [0.717, 1.165) is 0 Å². The first kappa shape index (κ1) is 30.6. The fraction of sp³-hybridized carbons (Fsp3) is 0.125. The summed E-state index contributed by atoms with van der Waals surface area (Å²) in [5, 5.41) is 42.7. The van der Waals surface area contributed by atoms with Crippen LogP contribution in [0.2, 0.25) is 0 Å². The average molecular weight is 589 g/mol. The molecule has 4 rings (SSSR count). The van der Waals surface area contributed by atoms with Crippen molar-refractivity contribution in [2.24, 2.45) is 0 Å². The SMILES string of the molecule is N#CC(c1ccccc1)N(CCN(C(=O)c1ccc([N+](=O)[O-])cc1)C(C#N)c1ccccc1)C(=O)c1ccc([N+](=O)[O-])cc1. The number of carbonyl (C=O) groups excluding carboxylic acids is 2. The standard InChI is InChI=1S/C32H24N6O6/c33-21-29(23-7-3-1-4-8-23)35(31(39)25-11-15-27(16-12-25)37(41)42)19-20-36(30(22-34)24-9-5-2-6-10-24)32(40)26-13-17-28(18-14-26)38(43)44/h1-18,29-30H,19-20H2. The molecule has 0 aliphatic heterocycles. The Morgan fingerprint density at radius 3 is 1.18 bits per heavy atom. The molecule has 0 N–H and O–H groups in total. The second-order valence-electron chi connectivity index (χ2n) is 9.49. The highest BCUT2D eigenvalue weighted by Gasteiger charge is 2.31. The van der Waals surface area contributed by atoms with E-state index in [1.54, 1.807) is 60.7 Å². The molecule has 4 aromatic carbocycles. The zero-order valence-electron chi connectivity index (χ0n) is 23.1. The van der Waals surface area contributed by atoms with Gasteiger partial charge in [0, 0.05) is 48.5 Å². The Labute approximate surface area is 251 Å². The molecule has 218 valence electrons. The number of rotatable bonds is 11. The van der Waals surface area contributed by atoms with E-state index in [2.05, 4.69) is 12.1 Å². The largest absolute Gasteiger partial charge is 0.317 e. The molecule has 0 saturated carbocycles. The lowest BCUT2D eigenvalue weighted by Crippen LogP contribution is -2.43. The van der Waals surface area contributed by atoms with Crippen LogP contribution in [0.25, 0.3) is 0 Å². The van der Waals surface area contributed by atoms with E-state index in [0.29, 0.717) is 11.1 Å². The highest BCUT2D eigenvalue weighted by molar-refractivity contribution is 5.96. The second kappa shape index (κ2) is 14.0. The van der Waals surface area contributed by atoms with Gasteiger partial charge in [-0.1, -0.05) is 60.7 Å². The Hall–Kier alpha value is -6.40. The summed E-state index contributed by atoms with van der Waals surface area (Å²) in [6.45, 7) is -0.403. The summed E-state index contributed by atoms with van der Waals surface area (Å²) in [5.41, 5.74) is 0.733. The summed E-state index contributed by atoms with van der Waals surface area (Å²) in [6, 6.07) is 29.0. The van der Waals surface area contributed by atoms with Crippen molar-refractivity contribution in [3.63, 3.8) is 0 Å². The number of non-ortho nitro benzene ring substituents is 2. The van der Waals surface area contributed by atoms with Gasteiger partial charge in [0.15, 0.2) is 0 Å². The van der Waals surface area contributed by atoms with Crippen LogP contribution in [0.15, 0.2) is 109 Å². The molecule has 12 heteroatoms. The zero-order chi connectivity index (χ0) is 31.6. The molecule has 12 nitrogen and oxygen atoms in total. The second-order valence-corrected chi connectivity index (χ2v) is 9.49. The molecule has 0 saturated heterocycles. The minimum Gasteiger partial charge on any atom is -0.317 e. The monoisotopic (exact) mass is 588 g/mol.